The Kier molecular flexibility index (Phi) is 8.05. The van der Waals surface area contributed by atoms with E-state index in [0.29, 0.717) is 55.5 Å². The van der Waals surface area contributed by atoms with Gasteiger partial charge in [0.2, 0.25) is 0 Å². The molecule has 2 heterocycles. The average Bonchev–Trinajstić information content (AvgIpc) is 3.16. The molecule has 2 aromatic rings. The van der Waals surface area contributed by atoms with Gasteiger partial charge >= 0.3 is 0 Å². The molecule has 1 N–H and O–H groups in total. The summed E-state index contributed by atoms with van der Waals surface area (Å²) in [6.45, 7) is 6.40. The van der Waals surface area contributed by atoms with Gasteiger partial charge in [-0.2, -0.15) is 0 Å². The first-order chi connectivity index (χ1) is 17.0. The lowest BCUT2D eigenvalue weighted by atomic mass is 9.94. The second-order valence-electron chi connectivity index (χ2n) is 8.56. The molecule has 186 valence electrons. The molecule has 0 radical (unpaired) electrons. The molecule has 0 aromatic heterocycles. The number of Topliss-reactive ketones (excluding diaryl/α,β-unsaturated/α-hetero) is 1. The Hall–Kier alpha value is -3.36. The van der Waals surface area contributed by atoms with Crippen molar-refractivity contribution in [2.24, 2.45) is 0 Å². The molecule has 4 rings (SSSR count). The number of rotatable bonds is 9. The second kappa shape index (κ2) is 11.4. The van der Waals surface area contributed by atoms with Crippen molar-refractivity contribution in [3.63, 3.8) is 0 Å². The van der Waals surface area contributed by atoms with Gasteiger partial charge in [-0.1, -0.05) is 25.1 Å². The first-order valence-corrected chi connectivity index (χ1v) is 12.0. The topological polar surface area (TPSA) is 88.5 Å². The van der Waals surface area contributed by atoms with Crippen LogP contribution in [0.25, 0.3) is 5.76 Å². The summed E-state index contributed by atoms with van der Waals surface area (Å²) in [5.41, 5.74) is 1.16. The van der Waals surface area contributed by atoms with Crippen LogP contribution in [0.3, 0.4) is 0 Å². The van der Waals surface area contributed by atoms with Gasteiger partial charge in [0.1, 0.15) is 17.3 Å². The molecule has 0 bridgehead atoms. The first-order valence-electron chi connectivity index (χ1n) is 12.0. The molecule has 0 saturated carbocycles. The third-order valence-electron chi connectivity index (χ3n) is 6.33. The van der Waals surface area contributed by atoms with Crippen molar-refractivity contribution in [2.45, 2.75) is 19.4 Å². The van der Waals surface area contributed by atoms with Gasteiger partial charge in [0.05, 0.1) is 38.5 Å². The zero-order valence-electron chi connectivity index (χ0n) is 20.2. The van der Waals surface area contributed by atoms with Crippen molar-refractivity contribution in [1.82, 2.24) is 9.80 Å². The number of morpholine rings is 1. The molecule has 2 saturated heterocycles. The first kappa shape index (κ1) is 24.8. The summed E-state index contributed by atoms with van der Waals surface area (Å²) >= 11 is 0. The Morgan fingerprint density at radius 3 is 2.46 bits per heavy atom. The van der Waals surface area contributed by atoms with Crippen molar-refractivity contribution < 1.29 is 28.9 Å². The van der Waals surface area contributed by atoms with Crippen LogP contribution in [0.5, 0.6) is 11.5 Å². The van der Waals surface area contributed by atoms with Gasteiger partial charge < -0.3 is 24.2 Å². The molecule has 0 spiro atoms. The van der Waals surface area contributed by atoms with E-state index in [9.17, 15) is 14.7 Å². The highest BCUT2D eigenvalue weighted by molar-refractivity contribution is 6.46. The van der Waals surface area contributed by atoms with E-state index >= 15 is 0 Å². The number of amides is 1. The summed E-state index contributed by atoms with van der Waals surface area (Å²) in [6, 6.07) is 13.4. The lowest BCUT2D eigenvalue weighted by Crippen LogP contribution is -2.42. The van der Waals surface area contributed by atoms with E-state index in [-0.39, 0.29) is 11.3 Å². The minimum absolute atomic E-state index is 0.0590. The summed E-state index contributed by atoms with van der Waals surface area (Å²) in [4.78, 5) is 30.2. The molecule has 0 aliphatic carbocycles. The smallest absolute Gasteiger partial charge is 0.295 e. The Morgan fingerprint density at radius 1 is 1.06 bits per heavy atom. The number of ether oxygens (including phenoxy) is 3. The summed E-state index contributed by atoms with van der Waals surface area (Å²) < 4.78 is 16.6. The molecule has 2 aromatic carbocycles. The number of carbonyl (C=O) groups excluding carboxylic acids is 2. The van der Waals surface area contributed by atoms with E-state index in [0.717, 1.165) is 19.5 Å². The minimum atomic E-state index is -0.761. The summed E-state index contributed by atoms with van der Waals surface area (Å²) in [6.07, 6.45) is 0.883. The van der Waals surface area contributed by atoms with Crippen LogP contribution < -0.4 is 9.47 Å². The molecule has 2 fully saturated rings. The third kappa shape index (κ3) is 5.33. The van der Waals surface area contributed by atoms with E-state index in [2.05, 4.69) is 4.90 Å². The SMILES string of the molecule is CCCOc1ccc(/C(O)=C2\C(=O)C(=O)N(CCN3CCOCC3)[C@H]2c2ccccc2OC)cc1. The minimum Gasteiger partial charge on any atom is -0.507 e. The van der Waals surface area contributed by atoms with Crippen LogP contribution in [0.1, 0.15) is 30.5 Å². The highest BCUT2D eigenvalue weighted by atomic mass is 16.5. The number of hydrogen-bond donors (Lipinski definition) is 1. The normalized spacial score (nSPS) is 20.3. The van der Waals surface area contributed by atoms with E-state index in [4.69, 9.17) is 14.2 Å². The van der Waals surface area contributed by atoms with E-state index in [1.807, 2.05) is 25.1 Å². The number of aliphatic hydroxyl groups excluding tert-OH is 1. The number of ketones is 1. The van der Waals surface area contributed by atoms with Crippen LogP contribution in [-0.2, 0) is 14.3 Å². The van der Waals surface area contributed by atoms with Crippen LogP contribution >= 0.6 is 0 Å². The number of aliphatic hydroxyl groups is 1. The van der Waals surface area contributed by atoms with Crippen molar-refractivity contribution in [1.29, 1.82) is 0 Å². The Balaban J connectivity index is 1.72. The molecule has 8 heteroatoms. The van der Waals surface area contributed by atoms with Gasteiger partial charge in [0.25, 0.3) is 11.7 Å². The molecule has 8 nitrogen and oxygen atoms in total. The number of likely N-dealkylation sites (tertiary alicyclic amines) is 1. The third-order valence-corrected chi connectivity index (χ3v) is 6.33. The average molecular weight is 481 g/mol. The maximum absolute atomic E-state index is 13.3. The second-order valence-corrected chi connectivity index (χ2v) is 8.56. The summed E-state index contributed by atoms with van der Waals surface area (Å²) in [7, 11) is 1.55. The van der Waals surface area contributed by atoms with Gasteiger partial charge in [0.15, 0.2) is 0 Å². The Labute approximate surface area is 205 Å². The molecule has 2 aliphatic rings. The van der Waals surface area contributed by atoms with Crippen LogP contribution in [0.15, 0.2) is 54.1 Å². The Bertz CT molecular complexity index is 1080. The molecular formula is C27H32N2O6. The zero-order chi connectivity index (χ0) is 24.8. The fourth-order valence-electron chi connectivity index (χ4n) is 4.48. The van der Waals surface area contributed by atoms with Gasteiger partial charge in [-0.15, -0.1) is 0 Å². The van der Waals surface area contributed by atoms with Crippen LogP contribution in [0.4, 0.5) is 0 Å². The number of nitrogens with zero attached hydrogens (tertiary/aromatic N) is 2. The van der Waals surface area contributed by atoms with Crippen LogP contribution in [0.2, 0.25) is 0 Å². The molecule has 1 amide bonds. The number of hydrogen-bond acceptors (Lipinski definition) is 7. The standard InChI is InChI=1S/C27H32N2O6/c1-3-16-35-20-10-8-19(9-11-20)25(30)23-24(21-6-4-5-7-22(21)33-2)29(27(32)26(23)31)13-12-28-14-17-34-18-15-28/h4-11,24,30H,3,12-18H2,1-2H3/b25-23+/t24-/m0/s1. The molecule has 1 atom stereocenters. The zero-order valence-corrected chi connectivity index (χ0v) is 20.2. The fourth-order valence-corrected chi connectivity index (χ4v) is 4.48. The number of methoxy groups -OCH3 is 1. The van der Waals surface area contributed by atoms with Crippen molar-refractivity contribution in [3.8, 4) is 11.5 Å². The maximum Gasteiger partial charge on any atom is 0.295 e. The maximum atomic E-state index is 13.3. The van der Waals surface area contributed by atoms with E-state index < -0.39 is 17.7 Å². The van der Waals surface area contributed by atoms with Crippen molar-refractivity contribution in [3.05, 3.63) is 65.2 Å². The number of benzene rings is 2. The van der Waals surface area contributed by atoms with Gasteiger partial charge in [-0.05, 0) is 36.8 Å². The Morgan fingerprint density at radius 2 is 1.77 bits per heavy atom. The summed E-state index contributed by atoms with van der Waals surface area (Å²) in [5.74, 6) is -0.318. The quantitative estimate of drug-likeness (QED) is 0.335. The molecule has 2 aliphatic heterocycles. The van der Waals surface area contributed by atoms with Crippen molar-refractivity contribution >= 4 is 17.4 Å². The number of para-hydroxylation sites is 1. The van der Waals surface area contributed by atoms with E-state index in [1.54, 1.807) is 42.3 Å². The monoisotopic (exact) mass is 480 g/mol. The fraction of sp³-hybridized carbons (Fsp3) is 0.407. The van der Waals surface area contributed by atoms with Gasteiger partial charge in [0, 0.05) is 37.3 Å². The molecular weight excluding hydrogens is 448 g/mol. The largest absolute Gasteiger partial charge is 0.507 e. The predicted molar refractivity (Wildman–Crippen MR) is 131 cm³/mol. The number of carbonyl (C=O) groups is 2. The molecule has 0 unspecified atom stereocenters. The van der Waals surface area contributed by atoms with E-state index in [1.165, 1.54) is 0 Å². The van der Waals surface area contributed by atoms with Crippen molar-refractivity contribution in [2.75, 3.05) is 53.1 Å². The highest BCUT2D eigenvalue weighted by Gasteiger charge is 2.47. The lowest BCUT2D eigenvalue weighted by molar-refractivity contribution is -0.140. The lowest BCUT2D eigenvalue weighted by Gasteiger charge is -2.31. The predicted octanol–water partition coefficient (Wildman–Crippen LogP) is 3.24. The molecule has 35 heavy (non-hydrogen) atoms. The van der Waals surface area contributed by atoms with Gasteiger partial charge in [-0.3, -0.25) is 14.5 Å². The summed E-state index contributed by atoms with van der Waals surface area (Å²) in [5, 5.41) is 11.3. The van der Waals surface area contributed by atoms with Gasteiger partial charge in [-0.25, -0.2) is 0 Å². The van der Waals surface area contributed by atoms with Crippen LogP contribution in [-0.4, -0.2) is 79.7 Å². The highest BCUT2D eigenvalue weighted by Crippen LogP contribution is 2.42. The van der Waals surface area contributed by atoms with Crippen LogP contribution in [0, 0.1) is 0 Å².